The van der Waals surface area contributed by atoms with Gasteiger partial charge in [0, 0.05) is 12.2 Å². The van der Waals surface area contributed by atoms with Crippen molar-refractivity contribution in [2.45, 2.75) is 26.3 Å². The monoisotopic (exact) mass is 281 g/mol. The average molecular weight is 281 g/mol. The first-order valence-electron chi connectivity index (χ1n) is 7.23. The Morgan fingerprint density at radius 3 is 2.81 bits per heavy atom. The molecular weight excluding hydrogens is 262 g/mol. The fourth-order valence-corrected chi connectivity index (χ4v) is 2.33. The van der Waals surface area contributed by atoms with E-state index in [1.165, 1.54) is 5.56 Å². The van der Waals surface area contributed by atoms with Crippen molar-refractivity contribution in [2.24, 2.45) is 0 Å². The van der Waals surface area contributed by atoms with E-state index in [1.807, 2.05) is 36.7 Å². The molecule has 0 bridgehead atoms. The zero-order valence-corrected chi connectivity index (χ0v) is 12.1. The van der Waals surface area contributed by atoms with Gasteiger partial charge in [-0.05, 0) is 44.0 Å². The van der Waals surface area contributed by atoms with Crippen LogP contribution in [0.5, 0.6) is 0 Å². The molecule has 0 saturated carbocycles. The minimum Gasteiger partial charge on any atom is -0.311 e. The number of benzene rings is 1. The molecule has 0 aliphatic carbocycles. The van der Waals surface area contributed by atoms with Gasteiger partial charge in [0.25, 0.3) is 0 Å². The minimum absolute atomic E-state index is 0.752. The number of aryl methyl sites for hydroxylation is 2. The van der Waals surface area contributed by atoms with E-state index in [2.05, 4.69) is 32.4 Å². The highest BCUT2D eigenvalue weighted by molar-refractivity contribution is 5.73. The fourth-order valence-electron chi connectivity index (χ4n) is 2.33. The van der Waals surface area contributed by atoms with Crippen LogP contribution in [-0.4, -0.2) is 26.7 Å². The predicted molar refractivity (Wildman–Crippen MR) is 82.9 cm³/mol. The summed E-state index contributed by atoms with van der Waals surface area (Å²) < 4.78 is 0. The standard InChI is InChI=1S/C16H19N5/c1-12-13(9-19-21-12)5-4-8-17-10-14-11-18-15-6-2-3-7-16(15)20-14/h2-3,6-7,9,11,17H,4-5,8,10H2,1H3,(H,19,21). The minimum atomic E-state index is 0.752. The number of nitrogens with one attached hydrogen (secondary N) is 2. The largest absolute Gasteiger partial charge is 0.311 e. The third kappa shape index (κ3) is 3.44. The van der Waals surface area contributed by atoms with Crippen LogP contribution < -0.4 is 5.32 Å². The SMILES string of the molecule is Cc1[nH]ncc1CCCNCc1cnc2ccccc2n1. The molecule has 0 aliphatic heterocycles. The molecule has 0 aliphatic rings. The Morgan fingerprint density at radius 1 is 1.14 bits per heavy atom. The second-order valence-corrected chi connectivity index (χ2v) is 5.15. The maximum absolute atomic E-state index is 4.60. The highest BCUT2D eigenvalue weighted by Crippen LogP contribution is 2.08. The molecule has 108 valence electrons. The Bertz CT molecular complexity index is 719. The van der Waals surface area contributed by atoms with Crippen molar-refractivity contribution >= 4 is 11.0 Å². The molecule has 1 aromatic carbocycles. The molecule has 3 aromatic rings. The third-order valence-electron chi connectivity index (χ3n) is 3.54. The first-order valence-corrected chi connectivity index (χ1v) is 7.23. The van der Waals surface area contributed by atoms with Gasteiger partial charge in [-0.15, -0.1) is 0 Å². The van der Waals surface area contributed by atoms with Crippen molar-refractivity contribution in [3.63, 3.8) is 0 Å². The van der Waals surface area contributed by atoms with Crippen LogP contribution >= 0.6 is 0 Å². The quantitative estimate of drug-likeness (QED) is 0.681. The summed E-state index contributed by atoms with van der Waals surface area (Å²) in [5, 5.41) is 10.4. The maximum Gasteiger partial charge on any atom is 0.0890 e. The van der Waals surface area contributed by atoms with Crippen LogP contribution in [0, 0.1) is 6.92 Å². The average Bonchev–Trinajstić information content (AvgIpc) is 2.92. The Balaban J connectivity index is 1.47. The second kappa shape index (κ2) is 6.45. The molecule has 5 nitrogen and oxygen atoms in total. The first-order chi connectivity index (χ1) is 10.3. The van der Waals surface area contributed by atoms with E-state index in [4.69, 9.17) is 0 Å². The Hall–Kier alpha value is -2.27. The summed E-state index contributed by atoms with van der Waals surface area (Å²) in [5.74, 6) is 0. The van der Waals surface area contributed by atoms with Crippen molar-refractivity contribution < 1.29 is 0 Å². The number of aromatic nitrogens is 4. The van der Waals surface area contributed by atoms with E-state index in [1.54, 1.807) is 0 Å². The highest BCUT2D eigenvalue weighted by atomic mass is 15.1. The van der Waals surface area contributed by atoms with Gasteiger partial charge in [0.05, 0.1) is 29.1 Å². The van der Waals surface area contributed by atoms with Gasteiger partial charge in [0.15, 0.2) is 0 Å². The van der Waals surface area contributed by atoms with E-state index in [0.717, 1.165) is 48.4 Å². The van der Waals surface area contributed by atoms with Gasteiger partial charge in [-0.1, -0.05) is 12.1 Å². The van der Waals surface area contributed by atoms with E-state index in [9.17, 15) is 0 Å². The number of para-hydroxylation sites is 2. The number of H-pyrrole nitrogens is 1. The molecule has 2 aromatic heterocycles. The maximum atomic E-state index is 4.60. The number of hydrogen-bond donors (Lipinski definition) is 2. The van der Waals surface area contributed by atoms with E-state index in [0.29, 0.717) is 0 Å². The van der Waals surface area contributed by atoms with Gasteiger partial charge in [-0.2, -0.15) is 5.10 Å². The molecule has 0 radical (unpaired) electrons. The van der Waals surface area contributed by atoms with Crippen LogP contribution in [0.2, 0.25) is 0 Å². The first kappa shape index (κ1) is 13.7. The van der Waals surface area contributed by atoms with Crippen LogP contribution in [0.4, 0.5) is 0 Å². The molecule has 0 fully saturated rings. The number of nitrogens with zero attached hydrogens (tertiary/aromatic N) is 3. The van der Waals surface area contributed by atoms with Gasteiger partial charge >= 0.3 is 0 Å². The zero-order chi connectivity index (χ0) is 14.5. The summed E-state index contributed by atoms with van der Waals surface area (Å²) in [7, 11) is 0. The van der Waals surface area contributed by atoms with Crippen LogP contribution in [0.3, 0.4) is 0 Å². The smallest absolute Gasteiger partial charge is 0.0890 e. The van der Waals surface area contributed by atoms with Crippen LogP contribution in [0.25, 0.3) is 11.0 Å². The molecule has 0 unspecified atom stereocenters. The highest BCUT2D eigenvalue weighted by Gasteiger charge is 2.01. The zero-order valence-electron chi connectivity index (χ0n) is 12.1. The topological polar surface area (TPSA) is 66.5 Å². The van der Waals surface area contributed by atoms with E-state index >= 15 is 0 Å². The molecule has 5 heteroatoms. The molecule has 3 rings (SSSR count). The molecule has 21 heavy (non-hydrogen) atoms. The lowest BCUT2D eigenvalue weighted by Crippen LogP contribution is -2.16. The Labute approximate surface area is 123 Å². The van der Waals surface area contributed by atoms with Crippen molar-refractivity contribution in [3.8, 4) is 0 Å². The lowest BCUT2D eigenvalue weighted by atomic mass is 10.1. The van der Waals surface area contributed by atoms with E-state index in [-0.39, 0.29) is 0 Å². The number of rotatable bonds is 6. The van der Waals surface area contributed by atoms with Gasteiger partial charge in [-0.25, -0.2) is 4.98 Å². The summed E-state index contributed by atoms with van der Waals surface area (Å²) in [6.07, 6.45) is 5.87. The molecule has 0 amide bonds. The van der Waals surface area contributed by atoms with Crippen LogP contribution in [-0.2, 0) is 13.0 Å². The number of hydrogen-bond acceptors (Lipinski definition) is 4. The van der Waals surface area contributed by atoms with Gasteiger partial charge in [0.2, 0.25) is 0 Å². The second-order valence-electron chi connectivity index (χ2n) is 5.15. The third-order valence-corrected chi connectivity index (χ3v) is 3.54. The van der Waals surface area contributed by atoms with Crippen molar-refractivity contribution in [2.75, 3.05) is 6.54 Å². The lowest BCUT2D eigenvalue weighted by Gasteiger charge is -2.05. The summed E-state index contributed by atoms with van der Waals surface area (Å²) in [5.41, 5.74) is 5.33. The lowest BCUT2D eigenvalue weighted by molar-refractivity contribution is 0.640. The molecule has 0 spiro atoms. The van der Waals surface area contributed by atoms with Gasteiger partial charge in [0.1, 0.15) is 0 Å². The van der Waals surface area contributed by atoms with E-state index < -0.39 is 0 Å². The number of aromatic amines is 1. The summed E-state index contributed by atoms with van der Waals surface area (Å²) in [6.45, 7) is 3.77. The van der Waals surface area contributed by atoms with Crippen molar-refractivity contribution in [3.05, 3.63) is 53.6 Å². The summed E-state index contributed by atoms with van der Waals surface area (Å²) >= 11 is 0. The Morgan fingerprint density at radius 2 is 2.00 bits per heavy atom. The Kier molecular flexibility index (Phi) is 4.21. The van der Waals surface area contributed by atoms with Crippen LogP contribution in [0.15, 0.2) is 36.7 Å². The molecular formula is C16H19N5. The summed E-state index contributed by atoms with van der Waals surface area (Å²) in [4.78, 5) is 9.01. The van der Waals surface area contributed by atoms with Crippen LogP contribution in [0.1, 0.15) is 23.4 Å². The van der Waals surface area contributed by atoms with Gasteiger partial charge in [-0.3, -0.25) is 10.1 Å². The van der Waals surface area contributed by atoms with Gasteiger partial charge < -0.3 is 5.32 Å². The predicted octanol–water partition coefficient (Wildman–Crippen LogP) is 2.38. The fraction of sp³-hybridized carbons (Fsp3) is 0.312. The van der Waals surface area contributed by atoms with Crippen molar-refractivity contribution in [1.29, 1.82) is 0 Å². The normalized spacial score (nSPS) is 11.1. The molecule has 2 heterocycles. The number of fused-ring (bicyclic) bond motifs is 1. The van der Waals surface area contributed by atoms with Crippen molar-refractivity contribution in [1.82, 2.24) is 25.5 Å². The molecule has 0 atom stereocenters. The summed E-state index contributed by atoms with van der Waals surface area (Å²) in [6, 6.07) is 7.94. The molecule has 2 N–H and O–H groups in total. The molecule has 0 saturated heterocycles.